The second-order valence-electron chi connectivity index (χ2n) is 6.21. The third kappa shape index (κ3) is 4.11. The molecule has 1 N–H and O–H groups in total. The van der Waals surface area contributed by atoms with Gasteiger partial charge in [0, 0.05) is 12.5 Å². The molecule has 1 heterocycles. The highest BCUT2D eigenvalue weighted by Crippen LogP contribution is 2.28. The Hall–Kier alpha value is -1.80. The van der Waals surface area contributed by atoms with Crippen LogP contribution in [0.1, 0.15) is 42.9 Å². The lowest BCUT2D eigenvalue weighted by Gasteiger charge is -2.28. The third-order valence-corrected chi connectivity index (χ3v) is 4.38. The molecule has 2 aromatic carbocycles. The zero-order chi connectivity index (χ0) is 15.2. The molecule has 0 aliphatic carbocycles. The van der Waals surface area contributed by atoms with Gasteiger partial charge >= 0.3 is 0 Å². The van der Waals surface area contributed by atoms with Crippen LogP contribution in [0, 0.1) is 6.92 Å². The molecular weight excluding hydrogens is 270 g/mol. The molecule has 2 aromatic rings. The molecule has 1 aliphatic rings. The van der Waals surface area contributed by atoms with Gasteiger partial charge in [-0.25, -0.2) is 0 Å². The van der Waals surface area contributed by atoms with Crippen LogP contribution in [0.5, 0.6) is 5.75 Å². The molecule has 0 aromatic heterocycles. The van der Waals surface area contributed by atoms with Crippen molar-refractivity contribution in [2.75, 3.05) is 6.54 Å². The number of ether oxygens (including phenoxy) is 1. The Kier molecular flexibility index (Phi) is 5.12. The first-order valence-electron chi connectivity index (χ1n) is 8.33. The smallest absolute Gasteiger partial charge is 0.125 e. The van der Waals surface area contributed by atoms with Crippen molar-refractivity contribution in [3.05, 3.63) is 65.7 Å². The van der Waals surface area contributed by atoms with E-state index in [1.807, 2.05) is 0 Å². The Balaban J connectivity index is 1.74. The average Bonchev–Trinajstić information content (AvgIpc) is 2.58. The predicted molar refractivity (Wildman–Crippen MR) is 91.2 cm³/mol. The molecule has 1 fully saturated rings. The van der Waals surface area contributed by atoms with Crippen molar-refractivity contribution in [3.8, 4) is 5.75 Å². The number of nitrogens with one attached hydrogen (secondary N) is 1. The van der Waals surface area contributed by atoms with E-state index in [0.29, 0.717) is 6.04 Å². The van der Waals surface area contributed by atoms with E-state index in [2.05, 4.69) is 66.8 Å². The monoisotopic (exact) mass is 295 g/mol. The summed E-state index contributed by atoms with van der Waals surface area (Å²) in [6.07, 6.45) is 5.01. The minimum Gasteiger partial charge on any atom is -0.486 e. The highest BCUT2D eigenvalue weighted by Gasteiger charge is 2.21. The first-order chi connectivity index (χ1) is 10.8. The average molecular weight is 295 g/mol. The van der Waals surface area contributed by atoms with Gasteiger partial charge in [0.15, 0.2) is 0 Å². The Morgan fingerprint density at radius 1 is 1.05 bits per heavy atom. The Morgan fingerprint density at radius 3 is 2.50 bits per heavy atom. The van der Waals surface area contributed by atoms with E-state index in [-0.39, 0.29) is 6.10 Å². The van der Waals surface area contributed by atoms with E-state index in [4.69, 9.17) is 4.74 Å². The van der Waals surface area contributed by atoms with Crippen LogP contribution in [0.25, 0.3) is 0 Å². The van der Waals surface area contributed by atoms with Gasteiger partial charge in [-0.1, -0.05) is 54.4 Å². The predicted octanol–water partition coefficient (Wildman–Crippen LogP) is 4.65. The van der Waals surface area contributed by atoms with Crippen LogP contribution in [-0.4, -0.2) is 12.6 Å². The van der Waals surface area contributed by atoms with Crippen molar-refractivity contribution in [2.45, 2.75) is 44.8 Å². The number of aryl methyl sites for hydroxylation is 1. The van der Waals surface area contributed by atoms with Crippen molar-refractivity contribution < 1.29 is 4.74 Å². The van der Waals surface area contributed by atoms with Gasteiger partial charge < -0.3 is 10.1 Å². The van der Waals surface area contributed by atoms with Crippen molar-refractivity contribution >= 4 is 0 Å². The minimum absolute atomic E-state index is 0.111. The highest BCUT2D eigenvalue weighted by molar-refractivity contribution is 5.28. The van der Waals surface area contributed by atoms with Gasteiger partial charge in [0.1, 0.15) is 11.9 Å². The van der Waals surface area contributed by atoms with Crippen molar-refractivity contribution in [1.29, 1.82) is 0 Å². The van der Waals surface area contributed by atoms with E-state index in [0.717, 1.165) is 18.7 Å². The van der Waals surface area contributed by atoms with E-state index in [1.54, 1.807) is 0 Å². The normalized spacial score (nSPS) is 19.6. The lowest BCUT2D eigenvalue weighted by molar-refractivity contribution is 0.169. The maximum absolute atomic E-state index is 6.32. The summed E-state index contributed by atoms with van der Waals surface area (Å²) in [7, 11) is 0. The first-order valence-corrected chi connectivity index (χ1v) is 8.33. The molecule has 1 saturated heterocycles. The summed E-state index contributed by atoms with van der Waals surface area (Å²) in [4.78, 5) is 0. The van der Waals surface area contributed by atoms with Gasteiger partial charge in [-0.2, -0.15) is 0 Å². The van der Waals surface area contributed by atoms with Gasteiger partial charge in [-0.15, -0.1) is 0 Å². The third-order valence-electron chi connectivity index (χ3n) is 4.38. The van der Waals surface area contributed by atoms with Gasteiger partial charge in [-0.3, -0.25) is 0 Å². The summed E-state index contributed by atoms with van der Waals surface area (Å²) in [5.74, 6) is 0.954. The van der Waals surface area contributed by atoms with Crippen molar-refractivity contribution in [2.24, 2.45) is 0 Å². The molecule has 2 nitrogen and oxygen atoms in total. The van der Waals surface area contributed by atoms with E-state index < -0.39 is 0 Å². The molecule has 22 heavy (non-hydrogen) atoms. The van der Waals surface area contributed by atoms with Crippen LogP contribution in [0.4, 0.5) is 0 Å². The van der Waals surface area contributed by atoms with Crippen LogP contribution >= 0.6 is 0 Å². The second kappa shape index (κ2) is 7.46. The molecule has 2 unspecified atom stereocenters. The van der Waals surface area contributed by atoms with E-state index >= 15 is 0 Å². The van der Waals surface area contributed by atoms with Gasteiger partial charge in [0.25, 0.3) is 0 Å². The van der Waals surface area contributed by atoms with Crippen molar-refractivity contribution in [3.63, 3.8) is 0 Å². The van der Waals surface area contributed by atoms with Gasteiger partial charge in [-0.05, 0) is 44.0 Å². The molecular formula is C20H25NO. The molecule has 0 saturated carbocycles. The minimum atomic E-state index is 0.111. The Morgan fingerprint density at radius 2 is 1.82 bits per heavy atom. The Bertz CT molecular complexity index is 558. The first kappa shape index (κ1) is 15.1. The van der Waals surface area contributed by atoms with Gasteiger partial charge in [0.2, 0.25) is 0 Å². The van der Waals surface area contributed by atoms with E-state index in [1.165, 1.54) is 30.4 Å². The molecule has 0 amide bonds. The molecule has 116 valence electrons. The van der Waals surface area contributed by atoms with Crippen LogP contribution < -0.4 is 10.1 Å². The van der Waals surface area contributed by atoms with Crippen LogP contribution in [0.3, 0.4) is 0 Å². The molecule has 2 heteroatoms. The number of hydrogen-bond acceptors (Lipinski definition) is 2. The maximum Gasteiger partial charge on any atom is 0.125 e. The lowest BCUT2D eigenvalue weighted by Crippen LogP contribution is -2.36. The SMILES string of the molecule is Cc1ccc(OC(CC2CCCCN2)c2ccccc2)cc1. The summed E-state index contributed by atoms with van der Waals surface area (Å²) in [5, 5.41) is 3.63. The lowest BCUT2D eigenvalue weighted by atomic mass is 9.96. The van der Waals surface area contributed by atoms with Crippen LogP contribution in [-0.2, 0) is 0 Å². The molecule has 2 atom stereocenters. The topological polar surface area (TPSA) is 21.3 Å². The van der Waals surface area contributed by atoms with Crippen LogP contribution in [0.2, 0.25) is 0 Å². The summed E-state index contributed by atoms with van der Waals surface area (Å²) in [5.41, 5.74) is 2.52. The maximum atomic E-state index is 6.32. The summed E-state index contributed by atoms with van der Waals surface area (Å²) in [6.45, 7) is 3.24. The largest absolute Gasteiger partial charge is 0.486 e. The highest BCUT2D eigenvalue weighted by atomic mass is 16.5. The fraction of sp³-hybridized carbons (Fsp3) is 0.400. The summed E-state index contributed by atoms with van der Waals surface area (Å²) >= 11 is 0. The number of rotatable bonds is 5. The van der Waals surface area contributed by atoms with Crippen LogP contribution in [0.15, 0.2) is 54.6 Å². The summed E-state index contributed by atoms with van der Waals surface area (Å²) < 4.78 is 6.32. The molecule has 0 radical (unpaired) electrons. The fourth-order valence-electron chi connectivity index (χ4n) is 3.08. The number of benzene rings is 2. The van der Waals surface area contributed by atoms with E-state index in [9.17, 15) is 0 Å². The zero-order valence-corrected chi connectivity index (χ0v) is 13.3. The fourth-order valence-corrected chi connectivity index (χ4v) is 3.08. The second-order valence-corrected chi connectivity index (χ2v) is 6.21. The van der Waals surface area contributed by atoms with Crippen molar-refractivity contribution in [1.82, 2.24) is 5.32 Å². The number of piperidine rings is 1. The Labute approximate surface area is 133 Å². The molecule has 3 rings (SSSR count). The molecule has 0 bridgehead atoms. The summed E-state index contributed by atoms with van der Waals surface area (Å²) in [6, 6.07) is 19.5. The molecule has 1 aliphatic heterocycles. The quantitative estimate of drug-likeness (QED) is 0.867. The number of hydrogen-bond donors (Lipinski definition) is 1. The molecule has 0 spiro atoms. The van der Waals surface area contributed by atoms with Gasteiger partial charge in [0.05, 0.1) is 0 Å². The zero-order valence-electron chi connectivity index (χ0n) is 13.3. The standard InChI is InChI=1S/C20H25NO/c1-16-10-12-19(13-11-16)22-20(17-7-3-2-4-8-17)15-18-9-5-6-14-21-18/h2-4,7-8,10-13,18,20-21H,5-6,9,14-15H2,1H3.